The third-order valence-electron chi connectivity index (χ3n) is 2.16. The Kier molecular flexibility index (Phi) is 4.91. The summed E-state index contributed by atoms with van der Waals surface area (Å²) in [5.41, 5.74) is 5.73. The van der Waals surface area contributed by atoms with Gasteiger partial charge in [-0.1, -0.05) is 13.8 Å². The minimum absolute atomic E-state index is 0.113. The Labute approximate surface area is 94.4 Å². The van der Waals surface area contributed by atoms with Crippen molar-refractivity contribution in [2.75, 3.05) is 5.75 Å². The van der Waals surface area contributed by atoms with E-state index in [4.69, 9.17) is 10.2 Å². The van der Waals surface area contributed by atoms with Gasteiger partial charge < -0.3 is 10.2 Å². The van der Waals surface area contributed by atoms with Gasteiger partial charge in [0.2, 0.25) is 0 Å². The molecule has 0 aliphatic carbocycles. The number of carbonyl (C=O) groups is 1. The Morgan fingerprint density at radius 2 is 2.33 bits per heavy atom. The molecule has 0 radical (unpaired) electrons. The number of ketones is 1. The summed E-state index contributed by atoms with van der Waals surface area (Å²) in [4.78, 5) is 11.5. The van der Waals surface area contributed by atoms with Crippen LogP contribution in [0.5, 0.6) is 0 Å². The molecule has 0 saturated heterocycles. The van der Waals surface area contributed by atoms with Crippen LogP contribution in [0.15, 0.2) is 22.8 Å². The lowest BCUT2D eigenvalue weighted by molar-refractivity contribution is -0.118. The number of nitrogens with two attached hydrogens (primary N) is 1. The fourth-order valence-corrected chi connectivity index (χ4v) is 1.98. The summed E-state index contributed by atoms with van der Waals surface area (Å²) in [7, 11) is 0. The molecular formula is C11H17NO2S. The molecule has 3 nitrogen and oxygen atoms in total. The number of hydrogen-bond donors (Lipinski definition) is 1. The molecule has 0 spiro atoms. The van der Waals surface area contributed by atoms with Gasteiger partial charge in [0.1, 0.15) is 5.76 Å². The highest BCUT2D eigenvalue weighted by Gasteiger charge is 2.16. The summed E-state index contributed by atoms with van der Waals surface area (Å²) in [6, 6.07) is 3.41. The van der Waals surface area contributed by atoms with E-state index >= 15 is 0 Å². The fraction of sp³-hybridized carbons (Fsp3) is 0.545. The Hall–Kier alpha value is -0.740. The van der Waals surface area contributed by atoms with Crippen LogP contribution in [0.25, 0.3) is 0 Å². The van der Waals surface area contributed by atoms with E-state index in [0.717, 1.165) is 11.5 Å². The van der Waals surface area contributed by atoms with Gasteiger partial charge in [-0.25, -0.2) is 0 Å². The SMILES string of the molecule is CC(C)[C@H](N)C(=O)CSCc1ccco1. The molecule has 84 valence electrons. The lowest BCUT2D eigenvalue weighted by Crippen LogP contribution is -2.36. The van der Waals surface area contributed by atoms with Crippen molar-refractivity contribution in [3.63, 3.8) is 0 Å². The zero-order valence-electron chi connectivity index (χ0n) is 9.10. The van der Waals surface area contributed by atoms with Gasteiger partial charge in [0.25, 0.3) is 0 Å². The first-order chi connectivity index (χ1) is 7.11. The van der Waals surface area contributed by atoms with Crippen LogP contribution >= 0.6 is 11.8 Å². The highest BCUT2D eigenvalue weighted by Crippen LogP contribution is 2.13. The van der Waals surface area contributed by atoms with Gasteiger partial charge in [-0.2, -0.15) is 0 Å². The second-order valence-corrected chi connectivity index (χ2v) is 4.79. The van der Waals surface area contributed by atoms with Crippen LogP contribution < -0.4 is 5.73 Å². The molecule has 1 aromatic heterocycles. The third-order valence-corrected chi connectivity index (χ3v) is 3.14. The average Bonchev–Trinajstić information content (AvgIpc) is 2.69. The maximum absolute atomic E-state index is 11.5. The van der Waals surface area contributed by atoms with Gasteiger partial charge in [0.05, 0.1) is 23.8 Å². The molecule has 0 saturated carbocycles. The van der Waals surface area contributed by atoms with Gasteiger partial charge >= 0.3 is 0 Å². The van der Waals surface area contributed by atoms with Crippen LogP contribution in [-0.4, -0.2) is 17.6 Å². The first-order valence-corrected chi connectivity index (χ1v) is 6.15. The van der Waals surface area contributed by atoms with Crippen LogP contribution in [-0.2, 0) is 10.5 Å². The Bertz CT molecular complexity index is 296. The van der Waals surface area contributed by atoms with Crippen molar-refractivity contribution in [3.05, 3.63) is 24.2 Å². The summed E-state index contributed by atoms with van der Waals surface area (Å²) in [6.07, 6.45) is 1.64. The predicted molar refractivity (Wildman–Crippen MR) is 62.7 cm³/mol. The van der Waals surface area contributed by atoms with Crippen LogP contribution in [0.2, 0.25) is 0 Å². The monoisotopic (exact) mass is 227 g/mol. The molecular weight excluding hydrogens is 210 g/mol. The van der Waals surface area contributed by atoms with E-state index in [1.54, 1.807) is 18.0 Å². The van der Waals surface area contributed by atoms with Crippen LogP contribution in [0.1, 0.15) is 19.6 Å². The van der Waals surface area contributed by atoms with Crippen molar-refractivity contribution in [2.24, 2.45) is 11.7 Å². The number of thioether (sulfide) groups is 1. The molecule has 0 bridgehead atoms. The third kappa shape index (κ3) is 4.10. The molecule has 2 N–H and O–H groups in total. The lowest BCUT2D eigenvalue weighted by Gasteiger charge is -2.13. The summed E-state index contributed by atoms with van der Waals surface area (Å²) in [5, 5.41) is 0. The van der Waals surface area contributed by atoms with Crippen molar-refractivity contribution >= 4 is 17.5 Å². The maximum Gasteiger partial charge on any atom is 0.159 e. The smallest absolute Gasteiger partial charge is 0.159 e. The number of furan rings is 1. The quantitative estimate of drug-likeness (QED) is 0.808. The largest absolute Gasteiger partial charge is 0.468 e. The molecule has 15 heavy (non-hydrogen) atoms. The Balaban J connectivity index is 2.23. The minimum Gasteiger partial charge on any atom is -0.468 e. The Morgan fingerprint density at radius 3 is 2.87 bits per heavy atom. The van der Waals surface area contributed by atoms with Crippen LogP contribution in [0.3, 0.4) is 0 Å². The normalized spacial score (nSPS) is 13.1. The second kappa shape index (κ2) is 5.98. The molecule has 1 rings (SSSR count). The van der Waals surface area contributed by atoms with Gasteiger partial charge in [0, 0.05) is 0 Å². The second-order valence-electron chi connectivity index (χ2n) is 3.81. The molecule has 0 aliphatic heterocycles. The average molecular weight is 227 g/mol. The van der Waals surface area contributed by atoms with E-state index in [1.807, 2.05) is 26.0 Å². The van der Waals surface area contributed by atoms with Gasteiger partial charge in [-0.05, 0) is 18.1 Å². The minimum atomic E-state index is -0.339. The van der Waals surface area contributed by atoms with Gasteiger partial charge in [-0.3, -0.25) is 4.79 Å². The zero-order valence-corrected chi connectivity index (χ0v) is 9.92. The van der Waals surface area contributed by atoms with E-state index in [1.165, 1.54) is 0 Å². The summed E-state index contributed by atoms with van der Waals surface area (Å²) in [6.45, 7) is 3.92. The first-order valence-electron chi connectivity index (χ1n) is 4.99. The van der Waals surface area contributed by atoms with Crippen LogP contribution in [0, 0.1) is 5.92 Å². The highest BCUT2D eigenvalue weighted by molar-refractivity contribution is 7.99. The molecule has 0 aliphatic rings. The standard InChI is InChI=1S/C11H17NO2S/c1-8(2)11(12)10(13)7-15-6-9-4-3-5-14-9/h3-5,8,11H,6-7,12H2,1-2H3/t11-/m0/s1. The van der Waals surface area contributed by atoms with Crippen molar-refractivity contribution in [3.8, 4) is 0 Å². The van der Waals surface area contributed by atoms with Crippen molar-refractivity contribution in [2.45, 2.75) is 25.6 Å². The van der Waals surface area contributed by atoms with Crippen molar-refractivity contribution in [1.82, 2.24) is 0 Å². The lowest BCUT2D eigenvalue weighted by atomic mass is 10.0. The summed E-state index contributed by atoms with van der Waals surface area (Å²) in [5.74, 6) is 2.40. The summed E-state index contributed by atoms with van der Waals surface area (Å²) < 4.78 is 5.16. The molecule has 1 atom stereocenters. The predicted octanol–water partition coefficient (Wildman–Crippen LogP) is 2.07. The van der Waals surface area contributed by atoms with E-state index in [2.05, 4.69) is 0 Å². The fourth-order valence-electron chi connectivity index (χ4n) is 1.11. The molecule has 1 aromatic rings. The molecule has 1 heterocycles. The number of carbonyl (C=O) groups excluding carboxylic acids is 1. The molecule has 0 unspecified atom stereocenters. The van der Waals surface area contributed by atoms with E-state index < -0.39 is 0 Å². The number of Topliss-reactive ketones (excluding diaryl/α,β-unsaturated/α-hetero) is 1. The van der Waals surface area contributed by atoms with E-state index in [-0.39, 0.29) is 17.7 Å². The van der Waals surface area contributed by atoms with Crippen molar-refractivity contribution in [1.29, 1.82) is 0 Å². The number of hydrogen-bond acceptors (Lipinski definition) is 4. The zero-order chi connectivity index (χ0) is 11.3. The summed E-state index contributed by atoms with van der Waals surface area (Å²) >= 11 is 1.54. The number of rotatable bonds is 6. The molecule has 4 heteroatoms. The topological polar surface area (TPSA) is 56.2 Å². The first kappa shape index (κ1) is 12.3. The van der Waals surface area contributed by atoms with E-state index in [9.17, 15) is 4.79 Å². The highest BCUT2D eigenvalue weighted by atomic mass is 32.2. The molecule has 0 fully saturated rings. The molecule has 0 amide bonds. The molecule has 0 aromatic carbocycles. The van der Waals surface area contributed by atoms with Gasteiger partial charge in [-0.15, -0.1) is 11.8 Å². The van der Waals surface area contributed by atoms with Crippen LogP contribution in [0.4, 0.5) is 0 Å². The Morgan fingerprint density at radius 1 is 1.60 bits per heavy atom. The van der Waals surface area contributed by atoms with Gasteiger partial charge in [0.15, 0.2) is 5.78 Å². The van der Waals surface area contributed by atoms with E-state index in [0.29, 0.717) is 5.75 Å². The van der Waals surface area contributed by atoms with Crippen molar-refractivity contribution < 1.29 is 9.21 Å². The maximum atomic E-state index is 11.5.